The quantitative estimate of drug-likeness (QED) is 0.207. The van der Waals surface area contributed by atoms with Crippen LogP contribution in [0.3, 0.4) is 0 Å². The van der Waals surface area contributed by atoms with Crippen LogP contribution in [-0.2, 0) is 36.7 Å². The number of fused-ring (bicyclic) bond motifs is 2. The average molecular weight is 634 g/mol. The molecule has 0 bridgehead atoms. The molecule has 0 unspecified atom stereocenters. The van der Waals surface area contributed by atoms with Crippen LogP contribution in [0.25, 0.3) is 21.5 Å². The van der Waals surface area contributed by atoms with E-state index in [-0.39, 0.29) is 61.5 Å². The Kier molecular flexibility index (Phi) is 15.0. The van der Waals surface area contributed by atoms with Gasteiger partial charge in [0.05, 0.1) is 0 Å². The van der Waals surface area contributed by atoms with Crippen molar-refractivity contribution < 1.29 is 50.7 Å². The van der Waals surface area contributed by atoms with Crippen molar-refractivity contribution in [3.63, 3.8) is 0 Å². The zero-order chi connectivity index (χ0) is 21.7. The molecule has 0 heterocycles. The van der Waals surface area contributed by atoms with Gasteiger partial charge in [0.2, 0.25) is 0 Å². The molecule has 0 fully saturated rings. The van der Waals surface area contributed by atoms with Gasteiger partial charge in [0.1, 0.15) is 0 Å². The monoisotopic (exact) mass is 634 g/mol. The van der Waals surface area contributed by atoms with Crippen molar-refractivity contribution in [1.29, 1.82) is 0 Å². The molecule has 3 heteroatoms. The van der Waals surface area contributed by atoms with Crippen molar-refractivity contribution in [2.24, 2.45) is 0 Å². The average Bonchev–Trinajstić information content (AvgIpc) is 3.26. The van der Waals surface area contributed by atoms with Gasteiger partial charge < -0.3 is 45.1 Å². The Hall–Kier alpha value is -0.890. The fraction of sp³-hybridized carbons (Fsp3) is 0.310. The molecule has 0 atom stereocenters. The van der Waals surface area contributed by atoms with Crippen molar-refractivity contribution in [3.05, 3.63) is 97.8 Å². The van der Waals surface area contributed by atoms with E-state index in [4.69, 9.17) is 0 Å². The van der Waals surface area contributed by atoms with E-state index in [1.54, 1.807) is 0 Å². The zero-order valence-corrected chi connectivity index (χ0v) is 25.4. The maximum atomic E-state index is 3.38. The summed E-state index contributed by atoms with van der Waals surface area (Å²) in [4.78, 5) is 0. The molecule has 0 saturated carbocycles. The van der Waals surface area contributed by atoms with Gasteiger partial charge in [-0.05, 0) is 10.8 Å². The first-order chi connectivity index (χ1) is 13.6. The molecular formula is C29H36Cl2Hf-6. The molecular weight excluding hydrogens is 598 g/mol. The fourth-order valence-electron chi connectivity index (χ4n) is 3.17. The number of rotatable bonds is 0. The first-order valence-electron chi connectivity index (χ1n) is 10.5. The van der Waals surface area contributed by atoms with E-state index in [2.05, 4.69) is 128 Å². The van der Waals surface area contributed by atoms with Gasteiger partial charge in [0.25, 0.3) is 0 Å². The van der Waals surface area contributed by atoms with E-state index in [0.717, 1.165) is 6.42 Å². The van der Waals surface area contributed by atoms with Crippen LogP contribution < -0.4 is 24.8 Å². The van der Waals surface area contributed by atoms with Crippen molar-refractivity contribution in [3.8, 4) is 0 Å². The van der Waals surface area contributed by atoms with Gasteiger partial charge in [-0.15, -0.1) is 81.2 Å². The minimum absolute atomic E-state index is 0. The molecule has 0 radical (unpaired) electrons. The maximum absolute atomic E-state index is 3.38. The third-order valence-electron chi connectivity index (χ3n) is 4.97. The summed E-state index contributed by atoms with van der Waals surface area (Å²) in [6.07, 6.45) is 0.750. The van der Waals surface area contributed by atoms with Gasteiger partial charge >= 0.3 is 0 Å². The Morgan fingerprint density at radius 2 is 0.906 bits per heavy atom. The molecule has 0 amide bonds. The molecule has 0 aliphatic heterocycles. The fourth-order valence-corrected chi connectivity index (χ4v) is 3.17. The van der Waals surface area contributed by atoms with Crippen LogP contribution >= 0.6 is 0 Å². The second-order valence-electron chi connectivity index (χ2n) is 9.60. The Bertz CT molecular complexity index is 876. The standard InChI is InChI=1S/2C13H15.C3H6.2ClH.Hf/c2*1-13(2,3)12-8-10-6-4-5-7-11(10)9-12;1-3-2;;;/h2*4-9H,1-3H3;1-3H2;2*1H;/q2*-1;-2;;;/p-2. The van der Waals surface area contributed by atoms with E-state index in [1.165, 1.54) is 32.7 Å². The predicted octanol–water partition coefficient (Wildman–Crippen LogP) is 2.76. The summed E-state index contributed by atoms with van der Waals surface area (Å²) in [7, 11) is 0. The molecule has 4 rings (SSSR count). The first-order valence-corrected chi connectivity index (χ1v) is 10.5. The molecule has 0 nitrogen and oxygen atoms in total. The number of halogens is 2. The molecule has 0 aliphatic rings. The first kappa shape index (κ1) is 33.3. The van der Waals surface area contributed by atoms with E-state index in [1.807, 2.05) is 0 Å². The Balaban J connectivity index is 0. The van der Waals surface area contributed by atoms with Crippen LogP contribution in [0.5, 0.6) is 0 Å². The number of hydrogen-bond acceptors (Lipinski definition) is 0. The van der Waals surface area contributed by atoms with E-state index in [9.17, 15) is 0 Å². The second-order valence-corrected chi connectivity index (χ2v) is 9.60. The third-order valence-corrected chi connectivity index (χ3v) is 4.97. The molecule has 0 saturated heterocycles. The van der Waals surface area contributed by atoms with Gasteiger partial charge in [-0.3, -0.25) is 0 Å². The minimum Gasteiger partial charge on any atom is -1.00 e. The smallest absolute Gasteiger partial charge is 0 e. The molecule has 4 aromatic carbocycles. The summed E-state index contributed by atoms with van der Waals surface area (Å²) in [5.41, 5.74) is 3.38. The Morgan fingerprint density at radius 3 is 1.16 bits per heavy atom. The SMILES string of the molecule is CC(C)(C)c1cc2ccccc2[cH-]1.CC(C)(C)c1cc2ccccc2[cH-]1.[CH2-]C[CH2-].[Cl-].[Cl-].[Hf]. The van der Waals surface area contributed by atoms with Crippen molar-refractivity contribution in [2.45, 2.75) is 58.8 Å². The molecule has 176 valence electrons. The van der Waals surface area contributed by atoms with Gasteiger partial charge in [-0.25, -0.2) is 0 Å². The van der Waals surface area contributed by atoms with Gasteiger partial charge in [-0.1, -0.05) is 53.7 Å². The normalized spacial score (nSPS) is 10.5. The molecule has 4 aromatic rings. The summed E-state index contributed by atoms with van der Waals surface area (Å²) >= 11 is 0. The van der Waals surface area contributed by atoms with Crippen LogP contribution in [0.15, 0.2) is 72.8 Å². The predicted molar refractivity (Wildman–Crippen MR) is 132 cm³/mol. The molecule has 32 heavy (non-hydrogen) atoms. The van der Waals surface area contributed by atoms with Crippen molar-refractivity contribution in [2.75, 3.05) is 0 Å². The van der Waals surface area contributed by atoms with Crippen molar-refractivity contribution >= 4 is 21.5 Å². The zero-order valence-electron chi connectivity index (χ0n) is 20.3. The third kappa shape index (κ3) is 9.54. The number of benzene rings is 2. The summed E-state index contributed by atoms with van der Waals surface area (Å²) < 4.78 is 0. The molecule has 0 aliphatic carbocycles. The summed E-state index contributed by atoms with van der Waals surface area (Å²) in [6, 6.07) is 26.2. The summed E-state index contributed by atoms with van der Waals surface area (Å²) in [5.74, 6) is 0. The van der Waals surface area contributed by atoms with Gasteiger partial charge in [0.15, 0.2) is 0 Å². The van der Waals surface area contributed by atoms with Crippen LogP contribution in [-0.4, -0.2) is 0 Å². The topological polar surface area (TPSA) is 0 Å². The van der Waals surface area contributed by atoms with Crippen molar-refractivity contribution in [1.82, 2.24) is 0 Å². The number of hydrogen-bond donors (Lipinski definition) is 0. The largest absolute Gasteiger partial charge is 1.00 e. The minimum atomic E-state index is 0. The van der Waals surface area contributed by atoms with Gasteiger partial charge in [-0.2, -0.15) is 12.1 Å². The van der Waals surface area contributed by atoms with Gasteiger partial charge in [0, 0.05) is 25.8 Å². The molecule has 0 spiro atoms. The van der Waals surface area contributed by atoms with E-state index >= 15 is 0 Å². The van der Waals surface area contributed by atoms with E-state index < -0.39 is 0 Å². The second kappa shape index (κ2) is 14.4. The molecule has 0 N–H and O–H groups in total. The van der Waals surface area contributed by atoms with Crippen LogP contribution in [0.4, 0.5) is 0 Å². The Morgan fingerprint density at radius 1 is 0.625 bits per heavy atom. The maximum Gasteiger partial charge on any atom is 0 e. The van der Waals surface area contributed by atoms with E-state index in [0.29, 0.717) is 0 Å². The summed E-state index contributed by atoms with van der Waals surface area (Å²) in [5, 5.41) is 5.42. The summed E-state index contributed by atoms with van der Waals surface area (Å²) in [6.45, 7) is 20.3. The Labute approximate surface area is 227 Å². The van der Waals surface area contributed by atoms with Crippen LogP contribution in [0, 0.1) is 13.8 Å². The molecule has 0 aromatic heterocycles. The van der Waals surface area contributed by atoms with Crippen LogP contribution in [0.2, 0.25) is 0 Å². The van der Waals surface area contributed by atoms with Crippen LogP contribution in [0.1, 0.15) is 59.1 Å².